The fourth-order valence-corrected chi connectivity index (χ4v) is 4.58. The third-order valence-electron chi connectivity index (χ3n) is 4.04. The minimum absolute atomic E-state index is 0.488. The molecule has 3 rings (SSSR count). The maximum absolute atomic E-state index is 11.3. The van der Waals surface area contributed by atoms with Crippen molar-refractivity contribution in [2.45, 2.75) is 43.9 Å². The van der Waals surface area contributed by atoms with Gasteiger partial charge < -0.3 is 5.11 Å². The molecule has 0 bridgehead atoms. The molecule has 1 aromatic carbocycles. The van der Waals surface area contributed by atoms with Gasteiger partial charge in [0.1, 0.15) is 20.9 Å². The molecule has 2 heterocycles. The number of benzene rings is 1. The average Bonchev–Trinajstić information content (AvgIpc) is 2.98. The van der Waals surface area contributed by atoms with Crippen molar-refractivity contribution in [3.8, 4) is 11.1 Å². The summed E-state index contributed by atoms with van der Waals surface area (Å²) in [6, 6.07) is 8.52. The third-order valence-corrected chi connectivity index (χ3v) is 5.98. The van der Waals surface area contributed by atoms with Gasteiger partial charge in [-0.1, -0.05) is 49.9 Å². The van der Waals surface area contributed by atoms with E-state index >= 15 is 0 Å². The van der Waals surface area contributed by atoms with Crippen molar-refractivity contribution in [2.24, 2.45) is 0 Å². The van der Waals surface area contributed by atoms with Gasteiger partial charge >= 0.3 is 5.97 Å². The standard InChI is InChI=1S/C19H20N2O2S2/c1-10(2)13-5-7-14(8-6-13)15-9-24-17-16(15)18(21-12(4)20-17)25-11(3)19(22)23/h5-11H,1-4H3,(H,22,23). The van der Waals surface area contributed by atoms with Crippen molar-refractivity contribution in [3.05, 3.63) is 41.0 Å². The van der Waals surface area contributed by atoms with Gasteiger partial charge in [0, 0.05) is 10.9 Å². The fourth-order valence-electron chi connectivity index (χ4n) is 2.57. The van der Waals surface area contributed by atoms with Crippen LogP contribution in [0.15, 0.2) is 34.7 Å². The molecule has 4 nitrogen and oxygen atoms in total. The van der Waals surface area contributed by atoms with E-state index in [1.54, 1.807) is 18.3 Å². The Morgan fingerprint density at radius 2 is 1.84 bits per heavy atom. The predicted molar refractivity (Wildman–Crippen MR) is 105 cm³/mol. The van der Waals surface area contributed by atoms with E-state index in [0.29, 0.717) is 11.7 Å². The molecule has 1 atom stereocenters. The minimum atomic E-state index is -0.840. The van der Waals surface area contributed by atoms with Crippen LogP contribution in [0.25, 0.3) is 21.3 Å². The van der Waals surface area contributed by atoms with E-state index in [4.69, 9.17) is 0 Å². The number of aryl methyl sites for hydroxylation is 1. The summed E-state index contributed by atoms with van der Waals surface area (Å²) >= 11 is 2.84. The second-order valence-corrected chi connectivity index (χ2v) is 8.47. The Morgan fingerprint density at radius 3 is 2.44 bits per heavy atom. The van der Waals surface area contributed by atoms with E-state index in [2.05, 4.69) is 53.5 Å². The van der Waals surface area contributed by atoms with Crippen molar-refractivity contribution in [1.29, 1.82) is 0 Å². The first kappa shape index (κ1) is 17.9. The van der Waals surface area contributed by atoms with Gasteiger partial charge in [0.2, 0.25) is 0 Å². The Kier molecular flexibility index (Phi) is 5.11. The summed E-state index contributed by atoms with van der Waals surface area (Å²) in [6.07, 6.45) is 0. The highest BCUT2D eigenvalue weighted by molar-refractivity contribution is 8.00. The molecule has 1 N–H and O–H groups in total. The number of carboxylic acids is 1. The maximum Gasteiger partial charge on any atom is 0.316 e. The van der Waals surface area contributed by atoms with Crippen LogP contribution in [0.2, 0.25) is 0 Å². The highest BCUT2D eigenvalue weighted by Crippen LogP contribution is 2.39. The molecule has 6 heteroatoms. The number of aliphatic carboxylic acids is 1. The Hall–Kier alpha value is -1.92. The quantitative estimate of drug-likeness (QED) is 0.483. The molecule has 25 heavy (non-hydrogen) atoms. The summed E-state index contributed by atoms with van der Waals surface area (Å²) in [4.78, 5) is 21.2. The SMILES string of the molecule is Cc1nc(SC(C)C(=O)O)c2c(-c3ccc(C(C)C)cc3)csc2n1. The van der Waals surface area contributed by atoms with Gasteiger partial charge in [0.25, 0.3) is 0 Å². The van der Waals surface area contributed by atoms with E-state index in [0.717, 1.165) is 26.4 Å². The lowest BCUT2D eigenvalue weighted by molar-refractivity contribution is -0.136. The number of aromatic nitrogens is 2. The number of hydrogen-bond donors (Lipinski definition) is 1. The zero-order valence-corrected chi connectivity index (χ0v) is 16.2. The first-order valence-corrected chi connectivity index (χ1v) is 9.88. The lowest BCUT2D eigenvalue weighted by Crippen LogP contribution is -2.11. The molecule has 0 aliphatic rings. The molecule has 0 amide bonds. The smallest absolute Gasteiger partial charge is 0.316 e. The summed E-state index contributed by atoms with van der Waals surface area (Å²) in [7, 11) is 0. The number of carbonyl (C=O) groups is 1. The fraction of sp³-hybridized carbons (Fsp3) is 0.316. The lowest BCUT2D eigenvalue weighted by atomic mass is 9.99. The summed E-state index contributed by atoms with van der Waals surface area (Å²) < 4.78 is 0. The Labute approximate surface area is 155 Å². The Balaban J connectivity index is 2.11. The van der Waals surface area contributed by atoms with Crippen molar-refractivity contribution in [2.75, 3.05) is 0 Å². The van der Waals surface area contributed by atoms with Crippen LogP contribution in [0.4, 0.5) is 0 Å². The molecule has 1 unspecified atom stereocenters. The molecular weight excluding hydrogens is 352 g/mol. The Morgan fingerprint density at radius 1 is 1.16 bits per heavy atom. The molecule has 0 saturated carbocycles. The molecule has 130 valence electrons. The predicted octanol–water partition coefficient (Wildman–Crippen LogP) is 5.36. The zero-order chi connectivity index (χ0) is 18.1. The molecule has 0 spiro atoms. The van der Waals surface area contributed by atoms with Crippen LogP contribution in [0.3, 0.4) is 0 Å². The third kappa shape index (κ3) is 3.70. The van der Waals surface area contributed by atoms with Crippen LogP contribution in [0.1, 0.15) is 38.1 Å². The van der Waals surface area contributed by atoms with Crippen molar-refractivity contribution in [3.63, 3.8) is 0 Å². The highest BCUT2D eigenvalue weighted by Gasteiger charge is 2.20. The van der Waals surface area contributed by atoms with Crippen LogP contribution in [-0.4, -0.2) is 26.3 Å². The monoisotopic (exact) mass is 372 g/mol. The van der Waals surface area contributed by atoms with E-state index in [1.165, 1.54) is 17.3 Å². The normalized spacial score (nSPS) is 12.7. The molecule has 0 saturated heterocycles. The second kappa shape index (κ2) is 7.14. The minimum Gasteiger partial charge on any atom is -0.480 e. The number of thiophene rings is 1. The van der Waals surface area contributed by atoms with Gasteiger partial charge in [-0.15, -0.1) is 11.3 Å². The molecule has 3 aromatic rings. The first-order valence-electron chi connectivity index (χ1n) is 8.12. The summed E-state index contributed by atoms with van der Waals surface area (Å²) in [5, 5.41) is 12.5. The van der Waals surface area contributed by atoms with Crippen LogP contribution < -0.4 is 0 Å². The second-order valence-electron chi connectivity index (χ2n) is 6.28. The largest absolute Gasteiger partial charge is 0.480 e. The van der Waals surface area contributed by atoms with Crippen molar-refractivity contribution < 1.29 is 9.90 Å². The van der Waals surface area contributed by atoms with Crippen LogP contribution >= 0.6 is 23.1 Å². The van der Waals surface area contributed by atoms with Gasteiger partial charge in [-0.2, -0.15) is 0 Å². The molecule has 0 aliphatic heterocycles. The number of fused-ring (bicyclic) bond motifs is 1. The summed E-state index contributed by atoms with van der Waals surface area (Å²) in [6.45, 7) is 7.87. The molecule has 2 aromatic heterocycles. The van der Waals surface area contributed by atoms with E-state index in [-0.39, 0.29) is 0 Å². The summed E-state index contributed by atoms with van der Waals surface area (Å²) in [5.74, 6) is 0.311. The molecule has 0 aliphatic carbocycles. The van der Waals surface area contributed by atoms with Gasteiger partial charge in [0.05, 0.1) is 5.39 Å². The summed E-state index contributed by atoms with van der Waals surface area (Å²) in [5.41, 5.74) is 3.47. The highest BCUT2D eigenvalue weighted by atomic mass is 32.2. The van der Waals surface area contributed by atoms with Gasteiger partial charge in [-0.3, -0.25) is 4.79 Å². The Bertz CT molecular complexity index is 917. The zero-order valence-electron chi connectivity index (χ0n) is 14.6. The number of carboxylic acid groups (broad SMARTS) is 1. The van der Waals surface area contributed by atoms with Crippen LogP contribution in [-0.2, 0) is 4.79 Å². The molecular formula is C19H20N2O2S2. The molecule has 0 fully saturated rings. The number of nitrogens with zero attached hydrogens (tertiary/aromatic N) is 2. The van der Waals surface area contributed by atoms with Crippen LogP contribution in [0, 0.1) is 6.92 Å². The van der Waals surface area contributed by atoms with E-state index in [9.17, 15) is 9.90 Å². The van der Waals surface area contributed by atoms with E-state index < -0.39 is 11.2 Å². The number of thioether (sulfide) groups is 1. The van der Waals surface area contributed by atoms with Crippen molar-refractivity contribution in [1.82, 2.24) is 9.97 Å². The van der Waals surface area contributed by atoms with Gasteiger partial charge in [0.15, 0.2) is 0 Å². The number of hydrogen-bond acceptors (Lipinski definition) is 5. The van der Waals surface area contributed by atoms with Crippen LogP contribution in [0.5, 0.6) is 0 Å². The lowest BCUT2D eigenvalue weighted by Gasteiger charge is -2.10. The topological polar surface area (TPSA) is 63.1 Å². The van der Waals surface area contributed by atoms with E-state index in [1.807, 2.05) is 6.92 Å². The number of rotatable bonds is 5. The average molecular weight is 373 g/mol. The first-order chi connectivity index (χ1) is 11.9. The molecule has 0 radical (unpaired) electrons. The van der Waals surface area contributed by atoms with Crippen molar-refractivity contribution >= 4 is 39.3 Å². The van der Waals surface area contributed by atoms with Gasteiger partial charge in [-0.25, -0.2) is 9.97 Å². The maximum atomic E-state index is 11.3. The van der Waals surface area contributed by atoms with Gasteiger partial charge in [-0.05, 0) is 30.9 Å².